The van der Waals surface area contributed by atoms with Gasteiger partial charge in [0.05, 0.1) is 12.3 Å². The van der Waals surface area contributed by atoms with Crippen LogP contribution in [0.3, 0.4) is 0 Å². The minimum atomic E-state index is 0.599. The van der Waals surface area contributed by atoms with Gasteiger partial charge in [0.2, 0.25) is 0 Å². The highest BCUT2D eigenvalue weighted by Gasteiger charge is 2.17. The van der Waals surface area contributed by atoms with E-state index in [9.17, 15) is 0 Å². The van der Waals surface area contributed by atoms with Crippen LogP contribution in [0.15, 0.2) is 53.1 Å². The number of hydrogen-bond donors (Lipinski definition) is 1. The van der Waals surface area contributed by atoms with E-state index in [4.69, 9.17) is 14.3 Å². The Morgan fingerprint density at radius 2 is 2.08 bits per heavy atom. The third-order valence-corrected chi connectivity index (χ3v) is 4.79. The van der Waals surface area contributed by atoms with Crippen molar-refractivity contribution < 1.29 is 9.15 Å². The van der Waals surface area contributed by atoms with Gasteiger partial charge in [-0.3, -0.25) is 0 Å². The van der Waals surface area contributed by atoms with E-state index in [0.29, 0.717) is 5.92 Å². The molecule has 0 radical (unpaired) electrons. The summed E-state index contributed by atoms with van der Waals surface area (Å²) in [5, 5.41) is 8.37. The van der Waals surface area contributed by atoms with Crippen LogP contribution in [0.25, 0.3) is 17.1 Å². The summed E-state index contributed by atoms with van der Waals surface area (Å²) in [6.07, 6.45) is 4.49. The van der Waals surface area contributed by atoms with Crippen LogP contribution in [0.2, 0.25) is 0 Å². The second-order valence-corrected chi connectivity index (χ2v) is 6.91. The van der Waals surface area contributed by atoms with Crippen LogP contribution in [0.1, 0.15) is 24.2 Å². The molecule has 1 aliphatic heterocycles. The first-order valence-corrected chi connectivity index (χ1v) is 9.29. The van der Waals surface area contributed by atoms with E-state index in [2.05, 4.69) is 23.6 Å². The van der Waals surface area contributed by atoms with Crippen LogP contribution in [0.4, 0.5) is 0 Å². The Morgan fingerprint density at radius 1 is 1.19 bits per heavy atom. The highest BCUT2D eigenvalue weighted by molar-refractivity contribution is 5.57. The molecule has 1 aliphatic rings. The van der Waals surface area contributed by atoms with E-state index < -0.39 is 0 Å². The summed E-state index contributed by atoms with van der Waals surface area (Å²) >= 11 is 0. The van der Waals surface area contributed by atoms with Gasteiger partial charge in [-0.25, -0.2) is 4.68 Å². The lowest BCUT2D eigenvalue weighted by molar-refractivity contribution is 0.0547. The van der Waals surface area contributed by atoms with Crippen molar-refractivity contribution in [2.75, 3.05) is 19.8 Å². The van der Waals surface area contributed by atoms with Gasteiger partial charge in [0.25, 0.3) is 0 Å². The second kappa shape index (κ2) is 7.89. The Balaban J connectivity index is 1.54. The smallest absolute Gasteiger partial charge is 0.154 e. The third-order valence-electron chi connectivity index (χ3n) is 4.79. The molecule has 3 aromatic rings. The molecule has 0 unspecified atom stereocenters. The molecule has 0 amide bonds. The number of benzene rings is 1. The molecule has 0 saturated carbocycles. The molecule has 26 heavy (non-hydrogen) atoms. The predicted molar refractivity (Wildman–Crippen MR) is 101 cm³/mol. The van der Waals surface area contributed by atoms with Gasteiger partial charge in [-0.2, -0.15) is 5.10 Å². The lowest BCUT2D eigenvalue weighted by atomic mass is 10.0. The molecule has 1 N–H and O–H groups in total. The summed E-state index contributed by atoms with van der Waals surface area (Å²) in [5.41, 5.74) is 3.08. The fraction of sp³-hybridized carbons (Fsp3) is 0.381. The number of rotatable bonds is 6. The SMILES string of the molecule is Cc1ccc(-c2nn(-c3ccccc3)cc2CNC[C@H]2CCCOC2)o1. The highest BCUT2D eigenvalue weighted by Crippen LogP contribution is 2.25. The standard InChI is InChI=1S/C21H25N3O2/c1-16-9-10-20(26-16)21-18(13-22-12-17-6-5-11-25-15-17)14-24(23-21)19-7-3-2-4-8-19/h2-4,7-10,14,17,22H,5-6,11-13,15H2,1H3/t17-/m1/s1. The monoisotopic (exact) mass is 351 g/mol. The van der Waals surface area contributed by atoms with Crippen LogP contribution in [-0.4, -0.2) is 29.5 Å². The lowest BCUT2D eigenvalue weighted by Crippen LogP contribution is -2.28. The largest absolute Gasteiger partial charge is 0.460 e. The average Bonchev–Trinajstić information content (AvgIpc) is 3.30. The molecule has 5 heteroatoms. The summed E-state index contributed by atoms with van der Waals surface area (Å²) in [7, 11) is 0. The molecule has 0 aliphatic carbocycles. The first-order chi connectivity index (χ1) is 12.8. The molecule has 0 bridgehead atoms. The molecule has 136 valence electrons. The topological polar surface area (TPSA) is 52.2 Å². The van der Waals surface area contributed by atoms with Crippen molar-refractivity contribution in [2.24, 2.45) is 5.92 Å². The molecule has 0 spiro atoms. The number of hydrogen-bond acceptors (Lipinski definition) is 4. The highest BCUT2D eigenvalue weighted by atomic mass is 16.5. The molecule has 5 nitrogen and oxygen atoms in total. The number of aromatic nitrogens is 2. The quantitative estimate of drug-likeness (QED) is 0.730. The number of ether oxygens (including phenoxy) is 1. The minimum Gasteiger partial charge on any atom is -0.460 e. The first kappa shape index (κ1) is 17.1. The number of furan rings is 1. The van der Waals surface area contributed by atoms with Crippen molar-refractivity contribution in [3.63, 3.8) is 0 Å². The predicted octanol–water partition coefficient (Wildman–Crippen LogP) is 3.96. The lowest BCUT2D eigenvalue weighted by Gasteiger charge is -2.22. The maximum atomic E-state index is 5.83. The molecule has 3 heterocycles. The van der Waals surface area contributed by atoms with Gasteiger partial charge in [0.1, 0.15) is 11.5 Å². The zero-order valence-electron chi connectivity index (χ0n) is 15.1. The number of nitrogens with one attached hydrogen (secondary N) is 1. The van der Waals surface area contributed by atoms with E-state index in [1.807, 2.05) is 41.9 Å². The second-order valence-electron chi connectivity index (χ2n) is 6.91. The molecule has 4 rings (SSSR count). The Labute approximate surface area is 154 Å². The van der Waals surface area contributed by atoms with E-state index in [1.54, 1.807) is 0 Å². The third kappa shape index (κ3) is 3.89. The van der Waals surface area contributed by atoms with Crippen molar-refractivity contribution in [3.8, 4) is 17.1 Å². The normalized spacial score (nSPS) is 17.5. The first-order valence-electron chi connectivity index (χ1n) is 9.29. The van der Waals surface area contributed by atoms with Crippen molar-refractivity contribution in [1.29, 1.82) is 0 Å². The van der Waals surface area contributed by atoms with Crippen LogP contribution in [0, 0.1) is 12.8 Å². The molecular weight excluding hydrogens is 326 g/mol. The summed E-state index contributed by atoms with van der Waals surface area (Å²) < 4.78 is 13.3. The van der Waals surface area contributed by atoms with Gasteiger partial charge in [0, 0.05) is 31.5 Å². The fourth-order valence-corrected chi connectivity index (χ4v) is 3.40. The van der Waals surface area contributed by atoms with Crippen molar-refractivity contribution in [2.45, 2.75) is 26.3 Å². The van der Waals surface area contributed by atoms with Gasteiger partial charge in [-0.15, -0.1) is 0 Å². The maximum absolute atomic E-state index is 5.83. The summed E-state index contributed by atoms with van der Waals surface area (Å²) in [5.74, 6) is 2.31. The zero-order chi connectivity index (χ0) is 17.8. The number of para-hydroxylation sites is 1. The van der Waals surface area contributed by atoms with Gasteiger partial charge in [-0.05, 0) is 49.9 Å². The van der Waals surface area contributed by atoms with Crippen molar-refractivity contribution >= 4 is 0 Å². The van der Waals surface area contributed by atoms with Crippen LogP contribution in [-0.2, 0) is 11.3 Å². The molecule has 1 atom stereocenters. The van der Waals surface area contributed by atoms with Crippen LogP contribution in [0.5, 0.6) is 0 Å². The molecule has 1 fully saturated rings. The van der Waals surface area contributed by atoms with E-state index >= 15 is 0 Å². The summed E-state index contributed by atoms with van der Waals surface area (Å²) in [4.78, 5) is 0. The van der Waals surface area contributed by atoms with E-state index in [-0.39, 0.29) is 0 Å². The Morgan fingerprint density at radius 3 is 2.81 bits per heavy atom. The van der Waals surface area contributed by atoms with Gasteiger partial charge < -0.3 is 14.5 Å². The zero-order valence-corrected chi connectivity index (χ0v) is 15.1. The number of nitrogens with zero attached hydrogens (tertiary/aromatic N) is 2. The molecule has 1 saturated heterocycles. The molecule has 2 aromatic heterocycles. The average molecular weight is 351 g/mol. The van der Waals surface area contributed by atoms with Crippen LogP contribution >= 0.6 is 0 Å². The maximum Gasteiger partial charge on any atom is 0.154 e. The summed E-state index contributed by atoms with van der Waals surface area (Å²) in [6, 6.07) is 14.1. The molecule has 1 aromatic carbocycles. The van der Waals surface area contributed by atoms with Crippen molar-refractivity contribution in [3.05, 3.63) is 60.0 Å². The fourth-order valence-electron chi connectivity index (χ4n) is 3.40. The van der Waals surface area contributed by atoms with Crippen LogP contribution < -0.4 is 5.32 Å². The Kier molecular flexibility index (Phi) is 5.18. The summed E-state index contributed by atoms with van der Waals surface area (Å²) in [6.45, 7) is 5.45. The Hall–Kier alpha value is -2.37. The van der Waals surface area contributed by atoms with Gasteiger partial charge >= 0.3 is 0 Å². The van der Waals surface area contributed by atoms with E-state index in [1.165, 1.54) is 6.42 Å². The van der Waals surface area contributed by atoms with Crippen molar-refractivity contribution in [1.82, 2.24) is 15.1 Å². The van der Waals surface area contributed by atoms with Gasteiger partial charge in [0.15, 0.2) is 5.76 Å². The Bertz CT molecular complexity index is 832. The minimum absolute atomic E-state index is 0.599. The number of aryl methyl sites for hydroxylation is 1. The van der Waals surface area contributed by atoms with E-state index in [0.717, 1.165) is 61.2 Å². The molecular formula is C21H25N3O2. The van der Waals surface area contributed by atoms with Gasteiger partial charge in [-0.1, -0.05) is 18.2 Å².